The molecule has 2 aromatic rings. The average molecular weight is 321 g/mol. The Labute approximate surface area is 130 Å². The normalized spacial score (nSPS) is 18.9. The van der Waals surface area contributed by atoms with Gasteiger partial charge in [-0.3, -0.25) is 4.31 Å². The highest BCUT2D eigenvalue weighted by Crippen LogP contribution is 2.31. The van der Waals surface area contributed by atoms with Crippen LogP contribution in [-0.4, -0.2) is 26.2 Å². The van der Waals surface area contributed by atoms with Gasteiger partial charge < -0.3 is 9.84 Å². The second-order valence-electron chi connectivity index (χ2n) is 5.60. The molecule has 118 valence electrons. The van der Waals surface area contributed by atoms with Crippen LogP contribution in [0.4, 0.5) is 5.69 Å². The Morgan fingerprint density at radius 3 is 2.73 bits per heavy atom. The fourth-order valence-electron chi connectivity index (χ4n) is 2.78. The Bertz CT molecular complexity index is 779. The first kappa shape index (κ1) is 15.1. The molecule has 1 atom stereocenters. The second-order valence-corrected chi connectivity index (χ2v) is 7.40. The summed E-state index contributed by atoms with van der Waals surface area (Å²) in [6, 6.07) is 7.59. The Balaban J connectivity index is 2.17. The van der Waals surface area contributed by atoms with Crippen LogP contribution in [-0.2, 0) is 16.6 Å². The highest BCUT2D eigenvalue weighted by Gasteiger charge is 2.34. The molecule has 0 spiro atoms. The highest BCUT2D eigenvalue weighted by molar-refractivity contribution is 7.93. The van der Waals surface area contributed by atoms with Crippen molar-refractivity contribution in [1.29, 1.82) is 0 Å². The number of hydrogen-bond donors (Lipinski definition) is 1. The van der Waals surface area contributed by atoms with Gasteiger partial charge in [-0.1, -0.05) is 23.4 Å². The number of anilines is 1. The molecule has 0 amide bonds. The van der Waals surface area contributed by atoms with Crippen LogP contribution in [0.15, 0.2) is 33.7 Å². The van der Waals surface area contributed by atoms with Gasteiger partial charge in [0.15, 0.2) is 10.7 Å². The molecule has 0 radical (unpaired) electrons. The smallest absolute Gasteiger partial charge is 0.269 e. The lowest BCUT2D eigenvalue weighted by atomic mass is 10.2. The molecule has 0 saturated carbocycles. The molecule has 0 aliphatic carbocycles. The number of sulfonamides is 1. The molecule has 1 aromatic heterocycles. The fourth-order valence-corrected chi connectivity index (χ4v) is 4.67. The summed E-state index contributed by atoms with van der Waals surface area (Å²) in [7, 11) is -3.71. The molecular weight excluding hydrogens is 302 g/mol. The van der Waals surface area contributed by atoms with Crippen molar-refractivity contribution in [2.45, 2.75) is 38.3 Å². The molecule has 1 aromatic carbocycles. The van der Waals surface area contributed by atoms with Crippen LogP contribution in [0.25, 0.3) is 0 Å². The van der Waals surface area contributed by atoms with Crippen molar-refractivity contribution in [3.05, 3.63) is 41.3 Å². The quantitative estimate of drug-likeness (QED) is 0.915. The van der Waals surface area contributed by atoms with E-state index >= 15 is 0 Å². The summed E-state index contributed by atoms with van der Waals surface area (Å²) in [5.74, 6) is 0.319. The van der Waals surface area contributed by atoms with Crippen LogP contribution in [0.3, 0.4) is 0 Å². The predicted molar refractivity (Wildman–Crippen MR) is 83.3 cm³/mol. The highest BCUT2D eigenvalue weighted by atomic mass is 32.2. The zero-order valence-electron chi connectivity index (χ0n) is 12.8. The SMILES string of the molecule is Cc1noc(C)c1S(=O)(=O)N1CC(C)NCc2ccccc21. The van der Waals surface area contributed by atoms with Gasteiger partial charge in [0.2, 0.25) is 0 Å². The summed E-state index contributed by atoms with van der Waals surface area (Å²) < 4.78 is 32.8. The summed E-state index contributed by atoms with van der Waals surface area (Å²) in [6.07, 6.45) is 0. The maximum atomic E-state index is 13.1. The molecule has 0 saturated heterocycles. The number of rotatable bonds is 2. The lowest BCUT2D eigenvalue weighted by Crippen LogP contribution is -2.40. The number of aromatic nitrogens is 1. The van der Waals surface area contributed by atoms with Crippen molar-refractivity contribution < 1.29 is 12.9 Å². The van der Waals surface area contributed by atoms with Crippen LogP contribution >= 0.6 is 0 Å². The van der Waals surface area contributed by atoms with Gasteiger partial charge >= 0.3 is 0 Å². The molecule has 3 rings (SSSR count). The van der Waals surface area contributed by atoms with Crippen molar-refractivity contribution >= 4 is 15.7 Å². The van der Waals surface area contributed by atoms with Crippen LogP contribution in [0.2, 0.25) is 0 Å². The topological polar surface area (TPSA) is 75.4 Å². The molecule has 0 bridgehead atoms. The van der Waals surface area contributed by atoms with Crippen molar-refractivity contribution in [3.8, 4) is 0 Å². The van der Waals surface area contributed by atoms with E-state index in [1.807, 2.05) is 31.2 Å². The molecule has 1 unspecified atom stereocenters. The Morgan fingerprint density at radius 1 is 1.32 bits per heavy atom. The maximum absolute atomic E-state index is 13.1. The number of para-hydroxylation sites is 1. The van der Waals surface area contributed by atoms with E-state index < -0.39 is 10.0 Å². The van der Waals surface area contributed by atoms with E-state index in [1.165, 1.54) is 4.31 Å². The summed E-state index contributed by atoms with van der Waals surface area (Å²) >= 11 is 0. The minimum absolute atomic E-state index is 0.0441. The van der Waals surface area contributed by atoms with Crippen LogP contribution in [0.1, 0.15) is 23.9 Å². The lowest BCUT2D eigenvalue weighted by molar-refractivity contribution is 0.390. The van der Waals surface area contributed by atoms with Crippen LogP contribution in [0, 0.1) is 13.8 Å². The van der Waals surface area contributed by atoms with E-state index in [1.54, 1.807) is 13.8 Å². The molecule has 6 nitrogen and oxygen atoms in total. The predicted octanol–water partition coefficient (Wildman–Crippen LogP) is 1.98. The van der Waals surface area contributed by atoms with E-state index in [4.69, 9.17) is 4.52 Å². The molecule has 0 fully saturated rings. The van der Waals surface area contributed by atoms with Crippen LogP contribution in [0.5, 0.6) is 0 Å². The van der Waals surface area contributed by atoms with Crippen molar-refractivity contribution in [2.75, 3.05) is 10.8 Å². The number of aryl methyl sites for hydroxylation is 2. The van der Waals surface area contributed by atoms with Gasteiger partial charge in [0.25, 0.3) is 10.0 Å². The number of nitrogens with zero attached hydrogens (tertiary/aromatic N) is 2. The van der Waals surface area contributed by atoms with Gasteiger partial charge in [-0.25, -0.2) is 8.42 Å². The minimum Gasteiger partial charge on any atom is -0.360 e. The van der Waals surface area contributed by atoms with Crippen molar-refractivity contribution in [2.24, 2.45) is 0 Å². The third-order valence-corrected chi connectivity index (χ3v) is 5.88. The van der Waals surface area contributed by atoms with Gasteiger partial charge in [-0.15, -0.1) is 0 Å². The van der Waals surface area contributed by atoms with Gasteiger partial charge in [-0.2, -0.15) is 0 Å². The lowest BCUT2D eigenvalue weighted by Gasteiger charge is -2.25. The standard InChI is InChI=1S/C15H19N3O3S/c1-10-9-18(14-7-5-4-6-13(14)8-16-10)22(19,20)15-11(2)17-21-12(15)3/h4-7,10,16H,8-9H2,1-3H3. The summed E-state index contributed by atoms with van der Waals surface area (Å²) in [6.45, 7) is 6.25. The summed E-state index contributed by atoms with van der Waals surface area (Å²) in [5.41, 5.74) is 2.06. The maximum Gasteiger partial charge on any atom is 0.269 e. The van der Waals surface area contributed by atoms with E-state index in [9.17, 15) is 8.42 Å². The first-order chi connectivity index (χ1) is 10.4. The number of benzene rings is 1. The molecule has 1 aliphatic heterocycles. The van der Waals surface area contributed by atoms with E-state index in [0.717, 1.165) is 5.56 Å². The third-order valence-electron chi connectivity index (χ3n) is 3.86. The molecule has 22 heavy (non-hydrogen) atoms. The number of nitrogens with one attached hydrogen (secondary N) is 1. The van der Waals surface area contributed by atoms with Gasteiger partial charge in [0, 0.05) is 19.1 Å². The first-order valence-corrected chi connectivity index (χ1v) is 8.62. The zero-order valence-corrected chi connectivity index (χ0v) is 13.6. The summed E-state index contributed by atoms with van der Waals surface area (Å²) in [5, 5.41) is 7.11. The second kappa shape index (κ2) is 5.40. The average Bonchev–Trinajstić information content (AvgIpc) is 2.72. The van der Waals surface area contributed by atoms with Gasteiger partial charge in [-0.05, 0) is 32.4 Å². The summed E-state index contributed by atoms with van der Waals surface area (Å²) in [4.78, 5) is 0.163. The van der Waals surface area contributed by atoms with E-state index in [2.05, 4.69) is 10.5 Å². The molecule has 2 heterocycles. The largest absolute Gasteiger partial charge is 0.360 e. The van der Waals surface area contributed by atoms with Crippen LogP contribution < -0.4 is 9.62 Å². The molecule has 7 heteroatoms. The van der Waals surface area contributed by atoms with Crippen molar-refractivity contribution in [3.63, 3.8) is 0 Å². The van der Waals surface area contributed by atoms with Crippen molar-refractivity contribution in [1.82, 2.24) is 10.5 Å². The van der Waals surface area contributed by atoms with E-state index in [-0.39, 0.29) is 10.9 Å². The minimum atomic E-state index is -3.71. The van der Waals surface area contributed by atoms with E-state index in [0.29, 0.717) is 30.2 Å². The van der Waals surface area contributed by atoms with Gasteiger partial charge in [0.05, 0.1) is 5.69 Å². The Morgan fingerprint density at radius 2 is 2.05 bits per heavy atom. The number of fused-ring (bicyclic) bond motifs is 1. The third kappa shape index (κ3) is 2.40. The monoisotopic (exact) mass is 321 g/mol. The zero-order chi connectivity index (χ0) is 15.9. The Kier molecular flexibility index (Phi) is 3.70. The first-order valence-electron chi connectivity index (χ1n) is 7.18. The molecular formula is C15H19N3O3S. The molecule has 1 aliphatic rings. The van der Waals surface area contributed by atoms with Gasteiger partial charge in [0.1, 0.15) is 5.69 Å². The Hall–Kier alpha value is -1.86. The number of hydrogen-bond acceptors (Lipinski definition) is 5. The molecule has 1 N–H and O–H groups in total. The fraction of sp³-hybridized carbons (Fsp3) is 0.400.